The Morgan fingerprint density at radius 1 is 1.43 bits per heavy atom. The monoisotopic (exact) mass is 400 g/mol. The predicted molar refractivity (Wildman–Crippen MR) is 89.2 cm³/mol. The summed E-state index contributed by atoms with van der Waals surface area (Å²) in [5, 5.41) is 2.86. The first-order valence-corrected chi connectivity index (χ1v) is 8.40. The first-order valence-electron chi connectivity index (χ1n) is 6.79. The number of nitrogens with one attached hydrogen (secondary N) is 1. The summed E-state index contributed by atoms with van der Waals surface area (Å²) in [5.74, 6) is -1.35. The summed E-state index contributed by atoms with van der Waals surface area (Å²) in [7, 11) is 0. The van der Waals surface area contributed by atoms with Gasteiger partial charge in [-0.05, 0) is 41.4 Å². The molecule has 1 N–H and O–H groups in total. The molecule has 1 heterocycles. The molecule has 8 heteroatoms. The van der Waals surface area contributed by atoms with E-state index in [1.807, 2.05) is 0 Å². The predicted octanol–water partition coefficient (Wildman–Crippen LogP) is 3.71. The van der Waals surface area contributed by atoms with Crippen molar-refractivity contribution >= 4 is 44.3 Å². The van der Waals surface area contributed by atoms with Gasteiger partial charge in [-0.1, -0.05) is 23.5 Å². The number of hydrogen-bond donors (Lipinski definition) is 1. The molecule has 0 bridgehead atoms. The van der Waals surface area contributed by atoms with Gasteiger partial charge in [0.1, 0.15) is 10.7 Å². The minimum atomic E-state index is -0.471. The van der Waals surface area contributed by atoms with Gasteiger partial charge in [-0.25, -0.2) is 14.2 Å². The van der Waals surface area contributed by atoms with Gasteiger partial charge in [-0.3, -0.25) is 4.79 Å². The lowest BCUT2D eigenvalue weighted by molar-refractivity contribution is -0.115. The zero-order valence-corrected chi connectivity index (χ0v) is 14.9. The molecule has 2 rings (SSSR count). The van der Waals surface area contributed by atoms with Crippen LogP contribution in [0, 0.1) is 12.7 Å². The molecule has 2 aromatic rings. The first-order chi connectivity index (χ1) is 10.9. The van der Waals surface area contributed by atoms with Crippen LogP contribution in [0.3, 0.4) is 0 Å². The maximum atomic E-state index is 13.9. The van der Waals surface area contributed by atoms with Crippen molar-refractivity contribution < 1.29 is 18.7 Å². The van der Waals surface area contributed by atoms with Gasteiger partial charge < -0.3 is 10.1 Å². The molecule has 5 nitrogen and oxygen atoms in total. The Balaban J connectivity index is 2.07. The third kappa shape index (κ3) is 4.35. The van der Waals surface area contributed by atoms with Gasteiger partial charge in [0.05, 0.1) is 23.2 Å². The number of carbonyl (C=O) groups is 2. The molecule has 1 aromatic heterocycles. The number of aromatic nitrogens is 1. The van der Waals surface area contributed by atoms with Crippen molar-refractivity contribution in [2.75, 3.05) is 11.9 Å². The van der Waals surface area contributed by atoms with E-state index < -0.39 is 17.7 Å². The van der Waals surface area contributed by atoms with Crippen LogP contribution in [0.1, 0.15) is 27.9 Å². The average Bonchev–Trinajstić information content (AvgIpc) is 2.84. The van der Waals surface area contributed by atoms with Crippen molar-refractivity contribution in [3.8, 4) is 0 Å². The fourth-order valence-corrected chi connectivity index (χ4v) is 3.14. The second-order valence-corrected chi connectivity index (χ2v) is 6.45. The molecule has 0 saturated heterocycles. The van der Waals surface area contributed by atoms with Gasteiger partial charge in [0.2, 0.25) is 5.91 Å². The second kappa shape index (κ2) is 7.65. The molecule has 0 atom stereocenters. The zero-order valence-electron chi connectivity index (χ0n) is 12.5. The molecule has 0 fully saturated rings. The lowest BCUT2D eigenvalue weighted by Crippen LogP contribution is -2.15. The van der Waals surface area contributed by atoms with Crippen molar-refractivity contribution in [2.45, 2.75) is 20.3 Å². The zero-order chi connectivity index (χ0) is 17.0. The van der Waals surface area contributed by atoms with Crippen molar-refractivity contribution in [1.29, 1.82) is 0 Å². The number of halogens is 2. The van der Waals surface area contributed by atoms with E-state index in [4.69, 9.17) is 4.74 Å². The quantitative estimate of drug-likeness (QED) is 0.776. The second-order valence-electron chi connectivity index (χ2n) is 4.59. The number of benzene rings is 1. The van der Waals surface area contributed by atoms with E-state index in [0.717, 1.165) is 11.3 Å². The standard InChI is InChI=1S/C15H14BrFN2O3S/c1-3-22-14(21)13-8(2)18-15(23-13)19-11(20)7-9-5-4-6-10(16)12(9)17/h4-6H,3,7H2,1-2H3,(H,18,19,20). The Kier molecular flexibility index (Phi) is 5.84. The highest BCUT2D eigenvalue weighted by Gasteiger charge is 2.18. The smallest absolute Gasteiger partial charge is 0.350 e. The van der Waals surface area contributed by atoms with Crippen molar-refractivity contribution in [1.82, 2.24) is 4.98 Å². The lowest BCUT2D eigenvalue weighted by Gasteiger charge is -2.04. The highest BCUT2D eigenvalue weighted by molar-refractivity contribution is 9.10. The maximum Gasteiger partial charge on any atom is 0.350 e. The van der Waals surface area contributed by atoms with E-state index >= 15 is 0 Å². The van der Waals surface area contributed by atoms with Gasteiger partial charge >= 0.3 is 5.97 Å². The Morgan fingerprint density at radius 3 is 2.87 bits per heavy atom. The van der Waals surface area contributed by atoms with Gasteiger partial charge in [-0.15, -0.1) is 0 Å². The molecule has 23 heavy (non-hydrogen) atoms. The van der Waals surface area contributed by atoms with E-state index in [2.05, 4.69) is 26.2 Å². The van der Waals surface area contributed by atoms with Crippen molar-refractivity contribution in [2.24, 2.45) is 0 Å². The van der Waals surface area contributed by atoms with Crippen LogP contribution in [0.15, 0.2) is 22.7 Å². The molecule has 0 radical (unpaired) electrons. The van der Waals surface area contributed by atoms with E-state index in [-0.39, 0.29) is 23.7 Å². The molecule has 1 amide bonds. The summed E-state index contributed by atoms with van der Waals surface area (Å²) in [4.78, 5) is 28.2. The molecule has 0 aliphatic rings. The first kappa shape index (κ1) is 17.6. The Bertz CT molecular complexity index is 748. The molecular formula is C15H14BrFN2O3S. The highest BCUT2D eigenvalue weighted by Crippen LogP contribution is 2.24. The topological polar surface area (TPSA) is 68.3 Å². The fourth-order valence-electron chi connectivity index (χ4n) is 1.86. The molecular weight excluding hydrogens is 387 g/mol. The lowest BCUT2D eigenvalue weighted by atomic mass is 10.1. The van der Waals surface area contributed by atoms with Crippen LogP contribution >= 0.6 is 27.3 Å². The highest BCUT2D eigenvalue weighted by atomic mass is 79.9. The van der Waals surface area contributed by atoms with E-state index in [0.29, 0.717) is 15.0 Å². The van der Waals surface area contributed by atoms with Crippen LogP contribution in [0.5, 0.6) is 0 Å². The van der Waals surface area contributed by atoms with Crippen LogP contribution in [-0.4, -0.2) is 23.5 Å². The summed E-state index contributed by atoms with van der Waals surface area (Å²) in [5.41, 5.74) is 0.758. The third-order valence-electron chi connectivity index (χ3n) is 2.89. The van der Waals surface area contributed by atoms with E-state index in [1.54, 1.807) is 26.0 Å². The van der Waals surface area contributed by atoms with Gasteiger partial charge in [-0.2, -0.15) is 0 Å². The van der Waals surface area contributed by atoms with Crippen molar-refractivity contribution in [3.63, 3.8) is 0 Å². The average molecular weight is 401 g/mol. The number of esters is 1. The summed E-state index contributed by atoms with van der Waals surface area (Å²) in [6.07, 6.45) is -0.126. The molecule has 0 spiro atoms. The molecule has 0 aliphatic heterocycles. The number of amides is 1. The summed E-state index contributed by atoms with van der Waals surface area (Å²) < 4.78 is 19.1. The van der Waals surface area contributed by atoms with Gasteiger partial charge in [0.15, 0.2) is 5.13 Å². The van der Waals surface area contributed by atoms with Crippen LogP contribution in [0.2, 0.25) is 0 Å². The SMILES string of the molecule is CCOC(=O)c1sc(NC(=O)Cc2cccc(Br)c2F)nc1C. The van der Waals surface area contributed by atoms with Crippen LogP contribution in [-0.2, 0) is 16.0 Å². The number of ether oxygens (including phenoxy) is 1. The Hall–Kier alpha value is -1.80. The third-order valence-corrected chi connectivity index (χ3v) is 4.55. The molecule has 1 aromatic carbocycles. The molecule has 122 valence electrons. The summed E-state index contributed by atoms with van der Waals surface area (Å²) >= 11 is 4.11. The Labute approximate surface area is 145 Å². The number of carbonyl (C=O) groups excluding carboxylic acids is 2. The number of hydrogen-bond acceptors (Lipinski definition) is 5. The van der Waals surface area contributed by atoms with Crippen molar-refractivity contribution in [3.05, 3.63) is 44.6 Å². The van der Waals surface area contributed by atoms with E-state index in [9.17, 15) is 14.0 Å². The molecule has 0 unspecified atom stereocenters. The molecule has 0 saturated carbocycles. The van der Waals surface area contributed by atoms with Crippen LogP contribution < -0.4 is 5.32 Å². The maximum absolute atomic E-state index is 13.9. The number of anilines is 1. The fraction of sp³-hybridized carbons (Fsp3) is 0.267. The number of rotatable bonds is 5. The number of thiazole rings is 1. The minimum absolute atomic E-state index is 0.126. The minimum Gasteiger partial charge on any atom is -0.462 e. The van der Waals surface area contributed by atoms with Crippen LogP contribution in [0.4, 0.5) is 9.52 Å². The van der Waals surface area contributed by atoms with Gasteiger partial charge in [0.25, 0.3) is 0 Å². The van der Waals surface area contributed by atoms with Gasteiger partial charge in [0, 0.05) is 0 Å². The largest absolute Gasteiger partial charge is 0.462 e. The van der Waals surface area contributed by atoms with E-state index in [1.165, 1.54) is 6.07 Å². The normalized spacial score (nSPS) is 10.4. The van der Waals surface area contributed by atoms with Crippen LogP contribution in [0.25, 0.3) is 0 Å². The summed E-state index contributed by atoms with van der Waals surface area (Å²) in [6.45, 7) is 3.63. The molecule has 0 aliphatic carbocycles. The number of aryl methyl sites for hydroxylation is 1. The number of nitrogens with zero attached hydrogens (tertiary/aromatic N) is 1. The summed E-state index contributed by atoms with van der Waals surface area (Å²) in [6, 6.07) is 4.76. The Morgan fingerprint density at radius 2 is 2.17 bits per heavy atom.